The molecule has 0 aromatic rings. The third-order valence-corrected chi connectivity index (χ3v) is 5.73. The summed E-state index contributed by atoms with van der Waals surface area (Å²) >= 11 is 0. The lowest BCUT2D eigenvalue weighted by molar-refractivity contribution is -0.167. The monoisotopic (exact) mass is 336 g/mol. The zero-order valence-corrected chi connectivity index (χ0v) is 15.2. The minimum Gasteiger partial charge on any atom is -0.379 e. The van der Waals surface area contributed by atoms with Crippen LogP contribution >= 0.6 is 0 Å². The second-order valence-electron chi connectivity index (χ2n) is 7.87. The fourth-order valence-electron chi connectivity index (χ4n) is 4.29. The molecular formula is C19H32N2O3. The number of hydrogen-bond acceptors (Lipinski definition) is 4. The Bertz CT molecular complexity index is 458. The Kier molecular flexibility index (Phi) is 5.95. The summed E-state index contributed by atoms with van der Waals surface area (Å²) in [6.45, 7) is 4.86. The Morgan fingerprint density at radius 2 is 2.17 bits per heavy atom. The summed E-state index contributed by atoms with van der Waals surface area (Å²) < 4.78 is 12.1. The molecule has 0 aromatic carbocycles. The summed E-state index contributed by atoms with van der Waals surface area (Å²) in [7, 11) is 4.12. The highest BCUT2D eigenvalue weighted by molar-refractivity contribution is 5.79. The molecule has 5 nitrogen and oxygen atoms in total. The van der Waals surface area contributed by atoms with Gasteiger partial charge in [0.15, 0.2) is 0 Å². The molecule has 136 valence electrons. The third-order valence-electron chi connectivity index (χ3n) is 5.73. The molecule has 3 rings (SSSR count). The second-order valence-corrected chi connectivity index (χ2v) is 7.87. The van der Waals surface area contributed by atoms with E-state index in [0.717, 1.165) is 65.0 Å². The van der Waals surface area contributed by atoms with E-state index in [-0.39, 0.29) is 17.4 Å². The summed E-state index contributed by atoms with van der Waals surface area (Å²) in [5, 5.41) is 0. The molecule has 0 unspecified atom stereocenters. The molecule has 2 saturated heterocycles. The first-order valence-electron chi connectivity index (χ1n) is 9.39. The highest BCUT2D eigenvalue weighted by Gasteiger charge is 2.47. The molecule has 0 aromatic heterocycles. The predicted octanol–water partition coefficient (Wildman–Crippen LogP) is 1.93. The number of amides is 1. The van der Waals surface area contributed by atoms with Gasteiger partial charge < -0.3 is 19.3 Å². The van der Waals surface area contributed by atoms with Gasteiger partial charge in [0.2, 0.25) is 5.91 Å². The first-order valence-corrected chi connectivity index (χ1v) is 9.39. The van der Waals surface area contributed by atoms with Crippen molar-refractivity contribution in [3.05, 3.63) is 12.2 Å². The van der Waals surface area contributed by atoms with E-state index in [2.05, 4.69) is 36.0 Å². The van der Waals surface area contributed by atoms with Crippen LogP contribution in [0.15, 0.2) is 12.2 Å². The Morgan fingerprint density at radius 3 is 2.92 bits per heavy atom. The van der Waals surface area contributed by atoms with Crippen molar-refractivity contribution in [2.24, 2.45) is 11.3 Å². The number of ether oxygens (including phenoxy) is 2. The van der Waals surface area contributed by atoms with Crippen molar-refractivity contribution >= 4 is 5.91 Å². The van der Waals surface area contributed by atoms with Gasteiger partial charge in [0, 0.05) is 37.6 Å². The lowest BCUT2D eigenvalue weighted by Crippen LogP contribution is -2.58. The standard InChI is InChI=1S/C19H32N2O3/c1-20(2)11-13-23-15-19-9-5-12-24-17(19)8-10-21(14-19)18(22)16-6-3-4-7-16/h3-4,16-17H,5-15H2,1-2H3/t17-,19-/m1/s1. The molecule has 2 atom stereocenters. The smallest absolute Gasteiger partial charge is 0.226 e. The van der Waals surface area contributed by atoms with Gasteiger partial charge in [-0.25, -0.2) is 0 Å². The van der Waals surface area contributed by atoms with Gasteiger partial charge in [-0.05, 0) is 46.2 Å². The number of likely N-dealkylation sites (tertiary alicyclic amines) is 1. The zero-order valence-electron chi connectivity index (χ0n) is 15.2. The van der Waals surface area contributed by atoms with E-state index in [0.29, 0.717) is 12.5 Å². The molecule has 2 aliphatic heterocycles. The molecule has 0 saturated carbocycles. The summed E-state index contributed by atoms with van der Waals surface area (Å²) in [5.41, 5.74) is -0.00942. The summed E-state index contributed by atoms with van der Waals surface area (Å²) in [5.74, 6) is 0.495. The first-order chi connectivity index (χ1) is 11.6. The van der Waals surface area contributed by atoms with Crippen LogP contribution in [0.25, 0.3) is 0 Å². The summed E-state index contributed by atoms with van der Waals surface area (Å²) in [6, 6.07) is 0. The average Bonchev–Trinajstić information content (AvgIpc) is 3.12. The zero-order chi connectivity index (χ0) is 17.0. The van der Waals surface area contributed by atoms with Crippen molar-refractivity contribution in [2.75, 3.05) is 53.6 Å². The topological polar surface area (TPSA) is 42.0 Å². The third kappa shape index (κ3) is 4.01. The molecule has 1 amide bonds. The molecule has 0 spiro atoms. The quantitative estimate of drug-likeness (QED) is 0.549. The average molecular weight is 336 g/mol. The molecule has 0 radical (unpaired) electrons. The van der Waals surface area contributed by atoms with E-state index in [1.165, 1.54) is 0 Å². The lowest BCUT2D eigenvalue weighted by atomic mass is 9.72. The Balaban J connectivity index is 1.61. The van der Waals surface area contributed by atoms with Gasteiger partial charge in [-0.1, -0.05) is 12.2 Å². The van der Waals surface area contributed by atoms with Crippen LogP contribution in [0.5, 0.6) is 0 Å². The van der Waals surface area contributed by atoms with Crippen LogP contribution in [0.4, 0.5) is 0 Å². The number of allylic oxidation sites excluding steroid dienone is 2. The Morgan fingerprint density at radius 1 is 1.38 bits per heavy atom. The van der Waals surface area contributed by atoms with Crippen molar-refractivity contribution in [1.82, 2.24) is 9.80 Å². The maximum Gasteiger partial charge on any atom is 0.226 e. The number of piperidine rings is 1. The van der Waals surface area contributed by atoms with Gasteiger partial charge in [-0.2, -0.15) is 0 Å². The maximum absolute atomic E-state index is 12.8. The van der Waals surface area contributed by atoms with E-state index in [1.807, 2.05) is 0 Å². The van der Waals surface area contributed by atoms with Crippen LogP contribution in [0.1, 0.15) is 32.1 Å². The lowest BCUT2D eigenvalue weighted by Gasteiger charge is -2.50. The minimum absolute atomic E-state index is 0.00942. The van der Waals surface area contributed by atoms with Crippen LogP contribution in [0.3, 0.4) is 0 Å². The SMILES string of the molecule is CN(C)CCOC[C@]12CCCO[C@@H]1CCN(C(=O)C1CC=CC1)C2. The summed E-state index contributed by atoms with van der Waals surface area (Å²) in [6.07, 6.45) is 9.45. The number of carbonyl (C=O) groups excluding carboxylic acids is 1. The molecule has 2 heterocycles. The molecule has 5 heteroatoms. The van der Waals surface area contributed by atoms with E-state index < -0.39 is 0 Å². The molecule has 0 bridgehead atoms. The Hall–Kier alpha value is -0.910. The van der Waals surface area contributed by atoms with E-state index >= 15 is 0 Å². The van der Waals surface area contributed by atoms with Gasteiger partial charge in [0.25, 0.3) is 0 Å². The van der Waals surface area contributed by atoms with Crippen molar-refractivity contribution in [1.29, 1.82) is 0 Å². The van der Waals surface area contributed by atoms with Gasteiger partial charge in [0.1, 0.15) is 0 Å². The highest BCUT2D eigenvalue weighted by Crippen LogP contribution is 2.41. The van der Waals surface area contributed by atoms with Crippen molar-refractivity contribution in [3.8, 4) is 0 Å². The highest BCUT2D eigenvalue weighted by atomic mass is 16.5. The van der Waals surface area contributed by atoms with Gasteiger partial charge in [0.05, 0.1) is 19.3 Å². The van der Waals surface area contributed by atoms with Crippen LogP contribution in [-0.4, -0.2) is 75.4 Å². The largest absolute Gasteiger partial charge is 0.379 e. The molecule has 2 fully saturated rings. The minimum atomic E-state index is -0.00942. The predicted molar refractivity (Wildman–Crippen MR) is 93.8 cm³/mol. The molecule has 1 aliphatic carbocycles. The van der Waals surface area contributed by atoms with Crippen LogP contribution in [0.2, 0.25) is 0 Å². The van der Waals surface area contributed by atoms with Crippen LogP contribution in [0, 0.1) is 11.3 Å². The molecule has 24 heavy (non-hydrogen) atoms. The first kappa shape index (κ1) is 17.9. The number of rotatable bonds is 6. The fraction of sp³-hybridized carbons (Fsp3) is 0.842. The van der Waals surface area contributed by atoms with Crippen LogP contribution < -0.4 is 0 Å². The van der Waals surface area contributed by atoms with E-state index in [4.69, 9.17) is 9.47 Å². The number of likely N-dealkylation sites (N-methyl/N-ethyl adjacent to an activating group) is 1. The van der Waals surface area contributed by atoms with E-state index in [9.17, 15) is 4.79 Å². The normalized spacial score (nSPS) is 30.8. The number of hydrogen-bond donors (Lipinski definition) is 0. The maximum atomic E-state index is 12.8. The van der Waals surface area contributed by atoms with Crippen molar-refractivity contribution in [3.63, 3.8) is 0 Å². The molecule has 3 aliphatic rings. The van der Waals surface area contributed by atoms with Gasteiger partial charge >= 0.3 is 0 Å². The van der Waals surface area contributed by atoms with Gasteiger partial charge in [-0.15, -0.1) is 0 Å². The molecular weight excluding hydrogens is 304 g/mol. The van der Waals surface area contributed by atoms with Gasteiger partial charge in [-0.3, -0.25) is 4.79 Å². The number of carbonyl (C=O) groups is 1. The summed E-state index contributed by atoms with van der Waals surface area (Å²) in [4.78, 5) is 17.1. The fourth-order valence-corrected chi connectivity index (χ4v) is 4.29. The number of nitrogens with zero attached hydrogens (tertiary/aromatic N) is 2. The Labute approximate surface area is 146 Å². The van der Waals surface area contributed by atoms with Crippen LogP contribution in [-0.2, 0) is 14.3 Å². The second kappa shape index (κ2) is 7.98. The van der Waals surface area contributed by atoms with Crippen molar-refractivity contribution in [2.45, 2.75) is 38.2 Å². The molecule has 0 N–H and O–H groups in total. The number of fused-ring (bicyclic) bond motifs is 1. The van der Waals surface area contributed by atoms with E-state index in [1.54, 1.807) is 0 Å². The van der Waals surface area contributed by atoms with Crippen molar-refractivity contribution < 1.29 is 14.3 Å².